The highest BCUT2D eigenvalue weighted by Gasteiger charge is 2.27. The molecule has 0 aliphatic carbocycles. The molecular formula is C25H25N3O8S. The molecule has 3 aromatic carbocycles. The van der Waals surface area contributed by atoms with Gasteiger partial charge in [0.05, 0.1) is 38.1 Å². The van der Waals surface area contributed by atoms with Crippen LogP contribution in [0.5, 0.6) is 17.2 Å². The Morgan fingerprint density at radius 2 is 1.62 bits per heavy atom. The number of nitrogens with zero attached hydrogens (tertiary/aromatic N) is 2. The Morgan fingerprint density at radius 1 is 0.919 bits per heavy atom. The van der Waals surface area contributed by atoms with Crippen LogP contribution in [0.2, 0.25) is 0 Å². The minimum atomic E-state index is -4.08. The highest BCUT2D eigenvalue weighted by molar-refractivity contribution is 7.92. The lowest BCUT2D eigenvalue weighted by Crippen LogP contribution is -2.39. The summed E-state index contributed by atoms with van der Waals surface area (Å²) in [6, 6.07) is 18.7. The fraction of sp³-hybridized carbons (Fsp3) is 0.160. The van der Waals surface area contributed by atoms with Gasteiger partial charge < -0.3 is 18.9 Å². The number of ether oxygens (including phenoxy) is 4. The zero-order valence-electron chi connectivity index (χ0n) is 20.3. The third kappa shape index (κ3) is 6.98. The number of nitrogens with one attached hydrogen (secondary N) is 1. The van der Waals surface area contributed by atoms with Gasteiger partial charge in [0, 0.05) is 0 Å². The average molecular weight is 528 g/mol. The number of methoxy groups -OCH3 is 3. The second kappa shape index (κ2) is 12.4. The van der Waals surface area contributed by atoms with E-state index in [1.165, 1.54) is 63.9 Å². The van der Waals surface area contributed by atoms with Crippen LogP contribution in [0.15, 0.2) is 82.8 Å². The van der Waals surface area contributed by atoms with Crippen LogP contribution in [0.1, 0.15) is 5.56 Å². The van der Waals surface area contributed by atoms with Gasteiger partial charge in [0.1, 0.15) is 12.3 Å². The monoisotopic (exact) mass is 527 g/mol. The molecule has 12 heteroatoms. The number of hydrogen-bond donors (Lipinski definition) is 1. The minimum absolute atomic E-state index is 0.00480. The summed E-state index contributed by atoms with van der Waals surface area (Å²) in [6.45, 7) is -0.523. The van der Waals surface area contributed by atoms with Gasteiger partial charge in [-0.25, -0.2) is 18.6 Å². The Morgan fingerprint density at radius 3 is 2.24 bits per heavy atom. The number of carbonyl (C=O) groups excluding carboxylic acids is 2. The van der Waals surface area contributed by atoms with Crippen LogP contribution in [0.25, 0.3) is 0 Å². The highest BCUT2D eigenvalue weighted by Crippen LogP contribution is 2.28. The van der Waals surface area contributed by atoms with Gasteiger partial charge in [0.25, 0.3) is 15.9 Å². The molecule has 0 aromatic heterocycles. The molecule has 3 rings (SSSR count). The molecule has 3 aromatic rings. The molecule has 0 atom stereocenters. The number of sulfonamides is 1. The van der Waals surface area contributed by atoms with E-state index in [-0.39, 0.29) is 16.4 Å². The maximum atomic E-state index is 13.4. The van der Waals surface area contributed by atoms with Crippen molar-refractivity contribution in [3.63, 3.8) is 0 Å². The molecular weight excluding hydrogens is 502 g/mol. The van der Waals surface area contributed by atoms with Crippen LogP contribution in [-0.2, 0) is 19.6 Å². The Balaban J connectivity index is 1.76. The summed E-state index contributed by atoms with van der Waals surface area (Å²) in [7, 11) is -0.0304. The SMILES string of the molecule is COC(=O)Oc1ccc(/C=N\NC(=O)CN(c2ccccc2)S(=O)(=O)c2ccc(OC)cc2)cc1OC. The summed E-state index contributed by atoms with van der Waals surface area (Å²) >= 11 is 0. The van der Waals surface area contributed by atoms with Gasteiger partial charge in [-0.3, -0.25) is 9.10 Å². The van der Waals surface area contributed by atoms with Crippen molar-refractivity contribution in [3.05, 3.63) is 78.4 Å². The van der Waals surface area contributed by atoms with Gasteiger partial charge in [-0.2, -0.15) is 5.10 Å². The van der Waals surface area contributed by atoms with Crippen molar-refractivity contribution in [2.75, 3.05) is 32.2 Å². The number of anilines is 1. The molecule has 1 N–H and O–H groups in total. The molecule has 0 unspecified atom stereocenters. The van der Waals surface area contributed by atoms with Gasteiger partial charge in [-0.05, 0) is 60.2 Å². The normalized spacial score (nSPS) is 11.0. The molecule has 0 aliphatic rings. The van der Waals surface area contributed by atoms with Crippen LogP contribution in [0.4, 0.5) is 10.5 Å². The number of amides is 1. The largest absolute Gasteiger partial charge is 0.513 e. The summed E-state index contributed by atoms with van der Waals surface area (Å²) in [5.41, 5.74) is 3.15. The molecule has 1 amide bonds. The molecule has 0 saturated heterocycles. The molecule has 0 radical (unpaired) electrons. The van der Waals surface area contributed by atoms with Gasteiger partial charge >= 0.3 is 6.16 Å². The van der Waals surface area contributed by atoms with E-state index in [1.807, 2.05) is 0 Å². The van der Waals surface area contributed by atoms with E-state index in [0.29, 0.717) is 17.0 Å². The van der Waals surface area contributed by atoms with E-state index < -0.39 is 28.6 Å². The summed E-state index contributed by atoms with van der Waals surface area (Å²) in [6.07, 6.45) is 0.423. The van der Waals surface area contributed by atoms with Crippen LogP contribution < -0.4 is 23.9 Å². The third-order valence-electron chi connectivity index (χ3n) is 4.93. The van der Waals surface area contributed by atoms with Crippen LogP contribution in [0.3, 0.4) is 0 Å². The first-order chi connectivity index (χ1) is 17.8. The van der Waals surface area contributed by atoms with E-state index in [0.717, 1.165) is 4.31 Å². The number of rotatable bonds is 10. The van der Waals surface area contributed by atoms with E-state index in [9.17, 15) is 18.0 Å². The Hall–Kier alpha value is -4.58. The summed E-state index contributed by atoms with van der Waals surface area (Å²) in [5, 5.41) is 3.90. The maximum absolute atomic E-state index is 13.4. The number of benzene rings is 3. The number of hydrogen-bond acceptors (Lipinski definition) is 9. The Bertz CT molecular complexity index is 1360. The molecule has 194 valence electrons. The van der Waals surface area contributed by atoms with Crippen molar-refractivity contribution in [2.24, 2.45) is 5.10 Å². The minimum Gasteiger partial charge on any atom is -0.497 e. The van der Waals surface area contributed by atoms with Gasteiger partial charge in [-0.1, -0.05) is 18.2 Å². The molecule has 37 heavy (non-hydrogen) atoms. The molecule has 11 nitrogen and oxygen atoms in total. The number of carbonyl (C=O) groups is 2. The standard InChI is InChI=1S/C25H25N3O8S/c1-33-20-10-12-21(13-11-20)37(31,32)28(19-7-5-4-6-8-19)17-24(29)27-26-16-18-9-14-22(23(15-18)34-2)36-25(30)35-3/h4-16H,17H2,1-3H3,(H,27,29)/b26-16-. The topological polar surface area (TPSA) is 133 Å². The first-order valence-corrected chi connectivity index (χ1v) is 12.2. The average Bonchev–Trinajstić information content (AvgIpc) is 2.92. The summed E-state index contributed by atoms with van der Waals surface area (Å²) in [5.74, 6) is 0.202. The van der Waals surface area contributed by atoms with E-state index in [2.05, 4.69) is 15.3 Å². The van der Waals surface area contributed by atoms with Gasteiger partial charge in [-0.15, -0.1) is 0 Å². The predicted octanol–water partition coefficient (Wildman–Crippen LogP) is 3.19. The molecule has 0 bridgehead atoms. The van der Waals surface area contributed by atoms with Crippen molar-refractivity contribution in [1.82, 2.24) is 5.43 Å². The van der Waals surface area contributed by atoms with Crippen molar-refractivity contribution < 1.29 is 37.0 Å². The highest BCUT2D eigenvalue weighted by atomic mass is 32.2. The molecule has 0 fully saturated rings. The fourth-order valence-electron chi connectivity index (χ4n) is 3.11. The third-order valence-corrected chi connectivity index (χ3v) is 6.72. The van der Waals surface area contributed by atoms with Crippen LogP contribution >= 0.6 is 0 Å². The van der Waals surface area contributed by atoms with Gasteiger partial charge in [0.15, 0.2) is 11.5 Å². The smallest absolute Gasteiger partial charge is 0.497 e. The zero-order chi connectivity index (χ0) is 26.8. The first-order valence-electron chi connectivity index (χ1n) is 10.8. The molecule has 0 aliphatic heterocycles. The lowest BCUT2D eigenvalue weighted by molar-refractivity contribution is -0.119. The van der Waals surface area contributed by atoms with Gasteiger partial charge in [0.2, 0.25) is 0 Å². The van der Waals surface area contributed by atoms with Crippen molar-refractivity contribution in [2.45, 2.75) is 4.90 Å². The lowest BCUT2D eigenvalue weighted by Gasteiger charge is -2.23. The Labute approximate surface area is 214 Å². The summed E-state index contributed by atoms with van der Waals surface area (Å²) in [4.78, 5) is 24.0. The molecule has 0 saturated carbocycles. The van der Waals surface area contributed by atoms with Crippen LogP contribution in [0, 0.1) is 0 Å². The van der Waals surface area contributed by atoms with E-state index in [1.54, 1.807) is 36.4 Å². The van der Waals surface area contributed by atoms with Crippen LogP contribution in [-0.4, -0.2) is 54.6 Å². The fourth-order valence-corrected chi connectivity index (χ4v) is 4.53. The quantitative estimate of drug-likeness (QED) is 0.184. The lowest BCUT2D eigenvalue weighted by atomic mass is 10.2. The maximum Gasteiger partial charge on any atom is 0.513 e. The van der Waals surface area contributed by atoms with Crippen molar-refractivity contribution >= 4 is 34.0 Å². The first kappa shape index (κ1) is 27.0. The Kier molecular flexibility index (Phi) is 9.05. The van der Waals surface area contributed by atoms with E-state index in [4.69, 9.17) is 14.2 Å². The molecule has 0 spiro atoms. The van der Waals surface area contributed by atoms with Crippen molar-refractivity contribution in [3.8, 4) is 17.2 Å². The molecule has 0 heterocycles. The van der Waals surface area contributed by atoms with Crippen molar-refractivity contribution in [1.29, 1.82) is 0 Å². The summed E-state index contributed by atoms with van der Waals surface area (Å²) < 4.78 is 47.5. The zero-order valence-corrected chi connectivity index (χ0v) is 21.1. The second-order valence-corrected chi connectivity index (χ2v) is 9.14. The number of hydrazone groups is 1. The second-order valence-electron chi connectivity index (χ2n) is 7.28. The van der Waals surface area contributed by atoms with E-state index >= 15 is 0 Å². The predicted molar refractivity (Wildman–Crippen MR) is 136 cm³/mol. The number of para-hydroxylation sites is 1.